The number of nitrogens with zero attached hydrogens (tertiary/aromatic N) is 2. The molecule has 0 unspecified atom stereocenters. The molecule has 0 spiro atoms. The van der Waals surface area contributed by atoms with Gasteiger partial charge in [0.15, 0.2) is 0 Å². The Morgan fingerprint density at radius 3 is 2.67 bits per heavy atom. The lowest BCUT2D eigenvalue weighted by molar-refractivity contribution is 0.0781. The smallest absolute Gasteiger partial charge is 0.250 e. The summed E-state index contributed by atoms with van der Waals surface area (Å²) in [6.07, 6.45) is 8.32. The highest BCUT2D eigenvalue weighted by Crippen LogP contribution is 2.26. The van der Waals surface area contributed by atoms with Crippen LogP contribution in [-0.2, 0) is 6.42 Å². The zero-order valence-corrected chi connectivity index (χ0v) is 11.4. The van der Waals surface area contributed by atoms with Gasteiger partial charge in [0.05, 0.1) is 5.69 Å². The molecule has 0 N–H and O–H groups in total. The first kappa shape index (κ1) is 13.1. The molecule has 1 fully saturated rings. The average molecular weight is 246 g/mol. The number of carbonyl (C=O) groups is 1. The Morgan fingerprint density at radius 2 is 2.06 bits per heavy atom. The van der Waals surface area contributed by atoms with Crippen LogP contribution in [0.3, 0.4) is 0 Å². The summed E-state index contributed by atoms with van der Waals surface area (Å²) in [4.78, 5) is 12.5. The SMILES string of the molecule is C=CCc1c(C)nn(C(=O)C2CCCCC2)c1C. The molecule has 0 bridgehead atoms. The summed E-state index contributed by atoms with van der Waals surface area (Å²) in [5, 5.41) is 4.42. The zero-order valence-electron chi connectivity index (χ0n) is 11.4. The van der Waals surface area contributed by atoms with Gasteiger partial charge in [-0.2, -0.15) is 5.10 Å². The molecular weight excluding hydrogens is 224 g/mol. The Bertz CT molecular complexity index is 453. The molecular formula is C15H22N2O. The van der Waals surface area contributed by atoms with Gasteiger partial charge in [-0.15, -0.1) is 6.58 Å². The summed E-state index contributed by atoms with van der Waals surface area (Å²) in [6.45, 7) is 7.71. The van der Waals surface area contributed by atoms with E-state index in [0.717, 1.165) is 36.2 Å². The van der Waals surface area contributed by atoms with E-state index in [1.165, 1.54) is 19.3 Å². The molecule has 2 rings (SSSR count). The van der Waals surface area contributed by atoms with Crippen molar-refractivity contribution in [1.29, 1.82) is 0 Å². The van der Waals surface area contributed by atoms with Gasteiger partial charge in [0.1, 0.15) is 0 Å². The molecule has 3 nitrogen and oxygen atoms in total. The second kappa shape index (κ2) is 5.51. The number of aryl methyl sites for hydroxylation is 1. The van der Waals surface area contributed by atoms with Crippen LogP contribution in [-0.4, -0.2) is 15.7 Å². The molecule has 18 heavy (non-hydrogen) atoms. The molecule has 1 saturated carbocycles. The van der Waals surface area contributed by atoms with Crippen LogP contribution in [0, 0.1) is 19.8 Å². The average Bonchev–Trinajstić information content (AvgIpc) is 2.67. The first-order valence-electron chi connectivity index (χ1n) is 6.85. The summed E-state index contributed by atoms with van der Waals surface area (Å²) in [7, 11) is 0. The van der Waals surface area contributed by atoms with Crippen molar-refractivity contribution < 1.29 is 4.79 Å². The highest BCUT2D eigenvalue weighted by Gasteiger charge is 2.25. The maximum atomic E-state index is 12.5. The Morgan fingerprint density at radius 1 is 1.39 bits per heavy atom. The number of aromatic nitrogens is 2. The Kier molecular flexibility index (Phi) is 4.00. The van der Waals surface area contributed by atoms with Gasteiger partial charge in [0.25, 0.3) is 0 Å². The van der Waals surface area contributed by atoms with Crippen molar-refractivity contribution in [2.75, 3.05) is 0 Å². The van der Waals surface area contributed by atoms with Crippen molar-refractivity contribution in [3.05, 3.63) is 29.6 Å². The highest BCUT2D eigenvalue weighted by atomic mass is 16.2. The molecule has 0 saturated heterocycles. The molecule has 3 heteroatoms. The van der Waals surface area contributed by atoms with Crippen molar-refractivity contribution >= 4 is 5.91 Å². The predicted molar refractivity (Wildman–Crippen MR) is 72.8 cm³/mol. The van der Waals surface area contributed by atoms with E-state index in [1.807, 2.05) is 19.9 Å². The maximum absolute atomic E-state index is 12.5. The van der Waals surface area contributed by atoms with Gasteiger partial charge in [-0.3, -0.25) is 4.79 Å². The highest BCUT2D eigenvalue weighted by molar-refractivity contribution is 5.81. The summed E-state index contributed by atoms with van der Waals surface area (Å²) >= 11 is 0. The largest absolute Gasteiger partial charge is 0.272 e. The Labute approximate surface area is 109 Å². The van der Waals surface area contributed by atoms with Gasteiger partial charge in [0.2, 0.25) is 5.91 Å². The van der Waals surface area contributed by atoms with Crippen LogP contribution in [0.2, 0.25) is 0 Å². The lowest BCUT2D eigenvalue weighted by atomic mass is 9.88. The lowest BCUT2D eigenvalue weighted by Crippen LogP contribution is -2.25. The van der Waals surface area contributed by atoms with Gasteiger partial charge in [-0.1, -0.05) is 25.3 Å². The van der Waals surface area contributed by atoms with E-state index in [9.17, 15) is 4.79 Å². The molecule has 0 atom stereocenters. The third-order valence-corrected chi connectivity index (χ3v) is 3.95. The van der Waals surface area contributed by atoms with Gasteiger partial charge >= 0.3 is 0 Å². The molecule has 1 aliphatic rings. The van der Waals surface area contributed by atoms with E-state index >= 15 is 0 Å². The topological polar surface area (TPSA) is 34.9 Å². The molecule has 0 aromatic carbocycles. The van der Waals surface area contributed by atoms with Crippen LogP contribution < -0.4 is 0 Å². The standard InChI is InChI=1S/C15H22N2O/c1-4-8-14-11(2)16-17(12(14)3)15(18)13-9-6-5-7-10-13/h4,13H,1,5-10H2,2-3H3. The minimum Gasteiger partial charge on any atom is -0.272 e. The van der Waals surface area contributed by atoms with Crippen LogP contribution in [0.15, 0.2) is 12.7 Å². The van der Waals surface area contributed by atoms with E-state index in [-0.39, 0.29) is 11.8 Å². The van der Waals surface area contributed by atoms with Gasteiger partial charge in [0, 0.05) is 17.2 Å². The third-order valence-electron chi connectivity index (χ3n) is 3.95. The Balaban J connectivity index is 2.24. The minimum absolute atomic E-state index is 0.174. The molecule has 0 aliphatic heterocycles. The van der Waals surface area contributed by atoms with Crippen LogP contribution in [0.1, 0.15) is 53.8 Å². The van der Waals surface area contributed by atoms with E-state index < -0.39 is 0 Å². The van der Waals surface area contributed by atoms with Gasteiger partial charge in [-0.25, -0.2) is 4.68 Å². The van der Waals surface area contributed by atoms with E-state index in [1.54, 1.807) is 4.68 Å². The lowest BCUT2D eigenvalue weighted by Gasteiger charge is -2.20. The molecule has 98 valence electrons. The third kappa shape index (κ3) is 2.40. The molecule has 1 heterocycles. The van der Waals surface area contributed by atoms with Crippen molar-refractivity contribution in [1.82, 2.24) is 9.78 Å². The second-order valence-electron chi connectivity index (χ2n) is 5.23. The first-order valence-corrected chi connectivity index (χ1v) is 6.85. The molecule has 1 aromatic rings. The molecule has 0 amide bonds. The summed E-state index contributed by atoms with van der Waals surface area (Å²) < 4.78 is 1.63. The predicted octanol–water partition coefficient (Wildman–Crippen LogP) is 3.45. The van der Waals surface area contributed by atoms with Crippen LogP contribution in [0.4, 0.5) is 0 Å². The summed E-state index contributed by atoms with van der Waals surface area (Å²) in [5.74, 6) is 0.360. The van der Waals surface area contributed by atoms with Gasteiger partial charge in [-0.05, 0) is 33.1 Å². The maximum Gasteiger partial charge on any atom is 0.250 e. The van der Waals surface area contributed by atoms with Crippen LogP contribution >= 0.6 is 0 Å². The normalized spacial score (nSPS) is 16.8. The second-order valence-corrected chi connectivity index (χ2v) is 5.23. The monoisotopic (exact) mass is 246 g/mol. The summed E-state index contributed by atoms with van der Waals surface area (Å²) in [6, 6.07) is 0. The minimum atomic E-state index is 0.174. The quantitative estimate of drug-likeness (QED) is 0.766. The number of rotatable bonds is 3. The van der Waals surface area contributed by atoms with Gasteiger partial charge < -0.3 is 0 Å². The van der Waals surface area contributed by atoms with Crippen molar-refractivity contribution in [2.45, 2.75) is 52.4 Å². The van der Waals surface area contributed by atoms with Crippen molar-refractivity contribution in [3.63, 3.8) is 0 Å². The first-order chi connectivity index (χ1) is 8.65. The number of hydrogen-bond acceptors (Lipinski definition) is 2. The zero-order chi connectivity index (χ0) is 13.1. The fourth-order valence-corrected chi connectivity index (χ4v) is 2.85. The Hall–Kier alpha value is -1.38. The van der Waals surface area contributed by atoms with E-state index in [2.05, 4.69) is 11.7 Å². The fourth-order valence-electron chi connectivity index (χ4n) is 2.85. The number of hydrogen-bond donors (Lipinski definition) is 0. The van der Waals surface area contributed by atoms with Crippen LogP contribution in [0.25, 0.3) is 0 Å². The molecule has 1 aliphatic carbocycles. The van der Waals surface area contributed by atoms with Crippen LogP contribution in [0.5, 0.6) is 0 Å². The summed E-state index contributed by atoms with van der Waals surface area (Å²) in [5.41, 5.74) is 3.09. The fraction of sp³-hybridized carbons (Fsp3) is 0.600. The number of carbonyl (C=O) groups excluding carboxylic acids is 1. The van der Waals surface area contributed by atoms with Crippen molar-refractivity contribution in [3.8, 4) is 0 Å². The molecule has 0 radical (unpaired) electrons. The van der Waals surface area contributed by atoms with E-state index in [4.69, 9.17) is 0 Å². The number of allylic oxidation sites excluding steroid dienone is 1. The van der Waals surface area contributed by atoms with Crippen molar-refractivity contribution in [2.24, 2.45) is 5.92 Å². The van der Waals surface area contributed by atoms with E-state index in [0.29, 0.717) is 0 Å². The molecule has 1 aromatic heterocycles.